The normalized spacial score (nSPS) is 19.0. The van der Waals surface area contributed by atoms with Gasteiger partial charge in [-0.1, -0.05) is 12.1 Å². The average Bonchev–Trinajstić information content (AvgIpc) is 2.79. The Kier molecular flexibility index (Phi) is 6.65. The van der Waals surface area contributed by atoms with E-state index in [1.165, 1.54) is 45.5 Å². The van der Waals surface area contributed by atoms with Gasteiger partial charge in [0.2, 0.25) is 15.5 Å². The lowest BCUT2D eigenvalue weighted by Crippen LogP contribution is -2.48. The molecule has 1 aliphatic heterocycles. The lowest BCUT2D eigenvalue weighted by atomic mass is 10.2. The molecule has 1 saturated heterocycles. The topological polar surface area (TPSA) is 111 Å². The zero-order valence-electron chi connectivity index (χ0n) is 19.1. The highest BCUT2D eigenvalue weighted by atomic mass is 32.2. The molecule has 9 nitrogen and oxygen atoms in total. The number of aromatic nitrogens is 2. The number of carbonyl (C=O) groups is 1. The number of nitrogens with zero attached hydrogens (tertiary/aromatic N) is 3. The molecule has 1 amide bonds. The van der Waals surface area contributed by atoms with Crippen molar-refractivity contribution < 1.29 is 17.9 Å². The van der Waals surface area contributed by atoms with E-state index in [1.807, 2.05) is 45.0 Å². The maximum absolute atomic E-state index is 13.0. The molecule has 4 rings (SSSR count). The first kappa shape index (κ1) is 23.8. The van der Waals surface area contributed by atoms with Crippen LogP contribution in [0.15, 0.2) is 70.5 Å². The van der Waals surface area contributed by atoms with Crippen LogP contribution in [0.1, 0.15) is 29.9 Å². The number of amides is 1. The van der Waals surface area contributed by atoms with Crippen molar-refractivity contribution in [2.24, 2.45) is 0 Å². The maximum atomic E-state index is 13.0. The Morgan fingerprint density at radius 1 is 1.06 bits per heavy atom. The van der Waals surface area contributed by atoms with Gasteiger partial charge in [-0.25, -0.2) is 13.1 Å². The summed E-state index contributed by atoms with van der Waals surface area (Å²) in [5.74, 6) is -0.682. The highest BCUT2D eigenvalue weighted by molar-refractivity contribution is 7.89. The van der Waals surface area contributed by atoms with Crippen LogP contribution in [0.4, 0.5) is 5.69 Å². The summed E-state index contributed by atoms with van der Waals surface area (Å²) in [4.78, 5) is 25.2. The van der Waals surface area contributed by atoms with E-state index in [0.717, 1.165) is 11.3 Å². The van der Waals surface area contributed by atoms with Crippen LogP contribution in [0.3, 0.4) is 0 Å². The van der Waals surface area contributed by atoms with Gasteiger partial charge in [-0.2, -0.15) is 9.40 Å². The van der Waals surface area contributed by atoms with Gasteiger partial charge in [-0.05, 0) is 62.7 Å². The average molecular weight is 483 g/mol. The zero-order chi connectivity index (χ0) is 24.5. The molecule has 1 aromatic heterocycles. The number of aryl methyl sites for hydroxylation is 1. The van der Waals surface area contributed by atoms with Gasteiger partial charge in [0.15, 0.2) is 5.69 Å². The number of morpholine rings is 1. The van der Waals surface area contributed by atoms with Crippen LogP contribution in [0.25, 0.3) is 5.69 Å². The number of nitrogens with one attached hydrogen (secondary N) is 1. The SMILES string of the molecule is Cc1cccc(-n2ccc(=O)c(C(=O)Nc3ccc(S(=O)(=O)N4C[C@H](C)O[C@@H](C)C4)cc3)n2)c1. The zero-order valence-corrected chi connectivity index (χ0v) is 20.0. The van der Waals surface area contributed by atoms with E-state index in [4.69, 9.17) is 4.74 Å². The molecule has 0 bridgehead atoms. The first-order valence-corrected chi connectivity index (χ1v) is 12.3. The summed E-state index contributed by atoms with van der Waals surface area (Å²) in [6.45, 7) is 6.16. The van der Waals surface area contributed by atoms with Crippen LogP contribution in [0, 0.1) is 6.92 Å². The van der Waals surface area contributed by atoms with Crippen molar-refractivity contribution in [3.8, 4) is 5.69 Å². The molecule has 0 unspecified atom stereocenters. The van der Waals surface area contributed by atoms with E-state index in [-0.39, 0.29) is 35.9 Å². The highest BCUT2D eigenvalue weighted by Crippen LogP contribution is 2.22. The standard InChI is InChI=1S/C24H26N4O5S/c1-16-5-4-6-20(13-16)28-12-11-22(29)23(26-28)24(30)25-19-7-9-21(10-8-19)34(31,32)27-14-17(2)33-18(3)15-27/h4-13,17-18H,14-15H2,1-3H3,(H,25,30)/t17-,18-/m0/s1. The Labute approximate surface area is 198 Å². The second-order valence-electron chi connectivity index (χ2n) is 8.37. The number of hydrogen-bond acceptors (Lipinski definition) is 6. The third kappa shape index (κ3) is 5.09. The Bertz CT molecular complexity index is 1360. The first-order chi connectivity index (χ1) is 16.1. The molecule has 10 heteroatoms. The van der Waals surface area contributed by atoms with Gasteiger partial charge in [0.1, 0.15) is 0 Å². The maximum Gasteiger partial charge on any atom is 0.280 e. The molecule has 1 fully saturated rings. The summed E-state index contributed by atoms with van der Waals surface area (Å²) < 4.78 is 34.5. The molecule has 34 heavy (non-hydrogen) atoms. The number of benzene rings is 2. The third-order valence-corrected chi connectivity index (χ3v) is 7.27. The highest BCUT2D eigenvalue weighted by Gasteiger charge is 2.32. The number of anilines is 1. The van der Waals surface area contributed by atoms with Crippen molar-refractivity contribution in [2.45, 2.75) is 37.9 Å². The van der Waals surface area contributed by atoms with Crippen LogP contribution in [0.5, 0.6) is 0 Å². The molecule has 0 saturated carbocycles. The van der Waals surface area contributed by atoms with Crippen LogP contribution in [-0.2, 0) is 14.8 Å². The monoisotopic (exact) mass is 482 g/mol. The van der Waals surface area contributed by atoms with E-state index in [2.05, 4.69) is 10.4 Å². The van der Waals surface area contributed by atoms with Gasteiger partial charge in [0.05, 0.1) is 22.8 Å². The van der Waals surface area contributed by atoms with Crippen LogP contribution in [0.2, 0.25) is 0 Å². The van der Waals surface area contributed by atoms with Crippen molar-refractivity contribution in [3.05, 3.63) is 82.3 Å². The molecule has 0 spiro atoms. The van der Waals surface area contributed by atoms with Gasteiger partial charge >= 0.3 is 0 Å². The van der Waals surface area contributed by atoms with Crippen LogP contribution in [-0.4, -0.2) is 53.7 Å². The van der Waals surface area contributed by atoms with Crippen LogP contribution >= 0.6 is 0 Å². The van der Waals surface area contributed by atoms with Crippen LogP contribution < -0.4 is 10.7 Å². The second kappa shape index (κ2) is 9.49. The summed E-state index contributed by atoms with van der Waals surface area (Å²) in [7, 11) is -3.70. The van der Waals surface area contributed by atoms with Crippen molar-refractivity contribution in [3.63, 3.8) is 0 Å². The molecule has 2 heterocycles. The molecular formula is C24H26N4O5S. The predicted octanol–water partition coefficient (Wildman–Crippen LogP) is 2.59. The van der Waals surface area contributed by atoms with E-state index < -0.39 is 21.4 Å². The van der Waals surface area contributed by atoms with E-state index in [1.54, 1.807) is 0 Å². The minimum absolute atomic E-state index is 0.117. The lowest BCUT2D eigenvalue weighted by Gasteiger charge is -2.34. The Morgan fingerprint density at radius 3 is 2.38 bits per heavy atom. The lowest BCUT2D eigenvalue weighted by molar-refractivity contribution is -0.0440. The Morgan fingerprint density at radius 2 is 1.74 bits per heavy atom. The van der Waals surface area contributed by atoms with Crippen molar-refractivity contribution in [1.82, 2.24) is 14.1 Å². The molecule has 178 valence electrons. The molecular weight excluding hydrogens is 456 g/mol. The van der Waals surface area contributed by atoms with E-state index >= 15 is 0 Å². The molecule has 2 aromatic carbocycles. The number of carbonyl (C=O) groups excluding carboxylic acids is 1. The second-order valence-corrected chi connectivity index (χ2v) is 10.3. The number of rotatable bonds is 5. The van der Waals surface area contributed by atoms with Crippen molar-refractivity contribution >= 4 is 21.6 Å². The first-order valence-electron chi connectivity index (χ1n) is 10.9. The minimum atomic E-state index is -3.70. The molecule has 3 aromatic rings. The van der Waals surface area contributed by atoms with Gasteiger partial charge in [-0.15, -0.1) is 0 Å². The van der Waals surface area contributed by atoms with Gasteiger partial charge < -0.3 is 10.1 Å². The number of sulfonamides is 1. The fourth-order valence-corrected chi connectivity index (χ4v) is 5.45. The van der Waals surface area contributed by atoms with E-state index in [9.17, 15) is 18.0 Å². The smallest absolute Gasteiger partial charge is 0.280 e. The third-order valence-electron chi connectivity index (χ3n) is 5.43. The fourth-order valence-electron chi connectivity index (χ4n) is 3.86. The van der Waals surface area contributed by atoms with Gasteiger partial charge in [-0.3, -0.25) is 9.59 Å². The summed E-state index contributed by atoms with van der Waals surface area (Å²) in [5.41, 5.74) is 1.29. The summed E-state index contributed by atoms with van der Waals surface area (Å²) in [6, 6.07) is 14.6. The molecule has 1 aliphatic rings. The number of hydrogen-bond donors (Lipinski definition) is 1. The van der Waals surface area contributed by atoms with Gasteiger partial charge in [0, 0.05) is 31.0 Å². The largest absolute Gasteiger partial charge is 0.373 e. The quantitative estimate of drug-likeness (QED) is 0.599. The summed E-state index contributed by atoms with van der Waals surface area (Å²) in [5, 5.41) is 6.81. The Balaban J connectivity index is 1.52. The van der Waals surface area contributed by atoms with Crippen molar-refractivity contribution in [2.75, 3.05) is 18.4 Å². The minimum Gasteiger partial charge on any atom is -0.373 e. The molecule has 0 radical (unpaired) electrons. The molecule has 0 aliphatic carbocycles. The predicted molar refractivity (Wildman–Crippen MR) is 128 cm³/mol. The van der Waals surface area contributed by atoms with Gasteiger partial charge in [0.25, 0.3) is 5.91 Å². The molecule has 1 N–H and O–H groups in total. The van der Waals surface area contributed by atoms with E-state index in [0.29, 0.717) is 5.69 Å². The van der Waals surface area contributed by atoms with Crippen molar-refractivity contribution in [1.29, 1.82) is 0 Å². The number of ether oxygens (including phenoxy) is 1. The molecule has 2 atom stereocenters. The Hall–Kier alpha value is -3.34. The fraction of sp³-hybridized carbons (Fsp3) is 0.292. The summed E-state index contributed by atoms with van der Waals surface area (Å²) in [6.07, 6.45) is 1.11. The summed E-state index contributed by atoms with van der Waals surface area (Å²) >= 11 is 0.